The Morgan fingerprint density at radius 3 is 2.14 bits per heavy atom. The summed E-state index contributed by atoms with van der Waals surface area (Å²) >= 11 is 0. The molecule has 0 unspecified atom stereocenters. The Kier molecular flexibility index (Phi) is 9.43. The summed E-state index contributed by atoms with van der Waals surface area (Å²) in [4.78, 5) is 14.8. The number of pyridine rings is 2. The number of sulfone groups is 1. The summed E-state index contributed by atoms with van der Waals surface area (Å²) in [7, 11) is -5.16. The molecule has 3 heterocycles. The van der Waals surface area contributed by atoms with Gasteiger partial charge in [-0.15, -0.1) is 0 Å². The van der Waals surface area contributed by atoms with Gasteiger partial charge in [-0.05, 0) is 71.8 Å². The molecule has 1 N–H and O–H groups in total. The quantitative estimate of drug-likeness (QED) is 0.141. The van der Waals surface area contributed by atoms with Crippen molar-refractivity contribution in [2.45, 2.75) is 17.2 Å². The van der Waals surface area contributed by atoms with Crippen LogP contribution in [0.25, 0.3) is 44.2 Å². The van der Waals surface area contributed by atoms with Gasteiger partial charge in [-0.2, -0.15) is 0 Å². The lowest BCUT2D eigenvalue weighted by atomic mass is 9.92. The molecule has 0 aliphatic carbocycles. The predicted molar refractivity (Wildman–Crippen MR) is 205 cm³/mol. The Morgan fingerprint density at radius 1 is 0.725 bits per heavy atom. The van der Waals surface area contributed by atoms with Gasteiger partial charge in [-0.1, -0.05) is 72.8 Å². The van der Waals surface area contributed by atoms with Crippen molar-refractivity contribution < 1.29 is 16.8 Å². The monoisotopic (exact) mass is 715 g/mol. The van der Waals surface area contributed by atoms with Crippen LogP contribution in [0.4, 0.5) is 5.69 Å². The Balaban J connectivity index is 1.26. The van der Waals surface area contributed by atoms with Crippen LogP contribution in [0, 0.1) is 0 Å². The highest BCUT2D eigenvalue weighted by Gasteiger charge is 2.22. The minimum Gasteiger partial charge on any atom is -0.339 e. The first-order valence-electron chi connectivity index (χ1n) is 16.5. The number of nitrogens with one attached hydrogen (secondary N) is 1. The number of rotatable bonds is 12. The van der Waals surface area contributed by atoms with Crippen molar-refractivity contribution in [3.05, 3.63) is 145 Å². The number of hydrogen-bond acceptors (Lipinski definition) is 7. The van der Waals surface area contributed by atoms with E-state index in [9.17, 15) is 16.8 Å². The predicted octanol–water partition coefficient (Wildman–Crippen LogP) is 7.32. The highest BCUT2D eigenvalue weighted by atomic mass is 32.2. The number of fused-ring (bicyclic) bond motifs is 3. The molecule has 7 rings (SSSR count). The summed E-state index contributed by atoms with van der Waals surface area (Å²) in [5.41, 5.74) is 7.48. The fourth-order valence-electron chi connectivity index (χ4n) is 6.48. The third-order valence-electron chi connectivity index (χ3n) is 8.93. The van der Waals surface area contributed by atoms with Gasteiger partial charge < -0.3 is 9.88 Å². The molecular formula is C40H37N5O4S2. The first-order chi connectivity index (χ1) is 24.6. The van der Waals surface area contributed by atoms with Crippen LogP contribution in [0.1, 0.15) is 11.1 Å². The van der Waals surface area contributed by atoms with Crippen molar-refractivity contribution in [2.24, 2.45) is 0 Å². The van der Waals surface area contributed by atoms with E-state index in [-0.39, 0.29) is 17.2 Å². The number of aromatic amines is 1. The Bertz CT molecular complexity index is 2530. The van der Waals surface area contributed by atoms with Gasteiger partial charge in [0, 0.05) is 65.6 Å². The molecule has 0 radical (unpaired) electrons. The van der Waals surface area contributed by atoms with Crippen LogP contribution in [0.15, 0.2) is 139 Å². The second-order valence-corrected chi connectivity index (χ2v) is 16.6. The highest BCUT2D eigenvalue weighted by molar-refractivity contribution is 7.92. The summed E-state index contributed by atoms with van der Waals surface area (Å²) in [5, 5.41) is 1.75. The topological polar surface area (TPSA) is 116 Å². The van der Waals surface area contributed by atoms with E-state index in [1.807, 2.05) is 104 Å². The van der Waals surface area contributed by atoms with Crippen molar-refractivity contribution in [1.29, 1.82) is 0 Å². The minimum absolute atomic E-state index is 0.134. The molecule has 0 spiro atoms. The number of benzene rings is 4. The maximum absolute atomic E-state index is 13.3. The molecule has 9 nitrogen and oxygen atoms in total. The average molecular weight is 716 g/mol. The Labute approximate surface area is 298 Å². The van der Waals surface area contributed by atoms with Gasteiger partial charge in [-0.3, -0.25) is 9.29 Å². The molecule has 3 aromatic heterocycles. The minimum atomic E-state index is -3.56. The standard InChI is InChI=1S/C40H37N5O4S2/c1-44(27-30-10-9-21-41-25-30)22-23-45(50(2,46)47)33-18-16-31(17-19-33)36-26-42-40-39(38(36)32-11-5-3-6-12-32)35-24-29(15-20-37(35)43-40)28-51(48,49)34-13-7-4-8-14-34/h3-21,24-26H,22-23,27-28H2,1-2H3,(H,42,43). The number of nitrogens with zero attached hydrogens (tertiary/aromatic N) is 4. The fourth-order valence-corrected chi connectivity index (χ4v) is 8.76. The van der Waals surface area contributed by atoms with Crippen molar-refractivity contribution >= 4 is 47.5 Å². The molecular weight excluding hydrogens is 679 g/mol. The smallest absolute Gasteiger partial charge is 0.232 e. The van der Waals surface area contributed by atoms with Crippen molar-refractivity contribution in [2.75, 3.05) is 30.7 Å². The third-order valence-corrected chi connectivity index (χ3v) is 11.8. The zero-order chi connectivity index (χ0) is 35.6. The number of sulfonamides is 1. The summed E-state index contributed by atoms with van der Waals surface area (Å²) in [6.45, 7) is 1.47. The van der Waals surface area contributed by atoms with Gasteiger partial charge in [0.2, 0.25) is 10.0 Å². The summed E-state index contributed by atoms with van der Waals surface area (Å²) < 4.78 is 54.0. The SMILES string of the molecule is CN(CCN(c1ccc(-c2cnc3[nH]c4ccc(CS(=O)(=O)c5ccccc5)cc4c3c2-c2ccccc2)cc1)S(C)(=O)=O)Cc1cccnc1. The summed E-state index contributed by atoms with van der Waals surface area (Å²) in [5.74, 6) is -0.134. The first-order valence-corrected chi connectivity index (χ1v) is 20.0. The largest absolute Gasteiger partial charge is 0.339 e. The molecule has 11 heteroatoms. The van der Waals surface area contributed by atoms with E-state index >= 15 is 0 Å². The van der Waals surface area contributed by atoms with Crippen molar-refractivity contribution in [1.82, 2.24) is 19.9 Å². The highest BCUT2D eigenvalue weighted by Crippen LogP contribution is 2.41. The second-order valence-electron chi connectivity index (χ2n) is 12.7. The summed E-state index contributed by atoms with van der Waals surface area (Å²) in [6, 6.07) is 35.6. The lowest BCUT2D eigenvalue weighted by molar-refractivity contribution is 0.336. The maximum atomic E-state index is 13.3. The Hall–Kier alpha value is -5.36. The molecule has 0 aliphatic rings. The van der Waals surface area contributed by atoms with Crippen LogP contribution in [0.3, 0.4) is 0 Å². The van der Waals surface area contributed by atoms with Crippen LogP contribution in [0.2, 0.25) is 0 Å². The number of hydrogen-bond donors (Lipinski definition) is 1. The molecule has 0 saturated heterocycles. The molecule has 7 aromatic rings. The fraction of sp³-hybridized carbons (Fsp3) is 0.150. The van der Waals surface area contributed by atoms with Crippen LogP contribution in [-0.4, -0.2) is 63.1 Å². The Morgan fingerprint density at radius 2 is 1.45 bits per heavy atom. The van der Waals surface area contributed by atoms with Crippen LogP contribution in [0.5, 0.6) is 0 Å². The molecule has 0 saturated carbocycles. The van der Waals surface area contributed by atoms with E-state index in [0.717, 1.165) is 44.1 Å². The molecule has 0 fully saturated rings. The van der Waals surface area contributed by atoms with Gasteiger partial charge in [-0.25, -0.2) is 21.8 Å². The molecule has 258 valence electrons. The van der Waals surface area contributed by atoms with Gasteiger partial charge in [0.25, 0.3) is 0 Å². The van der Waals surface area contributed by atoms with Gasteiger partial charge in [0.1, 0.15) is 5.65 Å². The first kappa shape index (κ1) is 34.1. The zero-order valence-electron chi connectivity index (χ0n) is 28.3. The van der Waals surface area contributed by atoms with E-state index in [2.05, 4.69) is 14.9 Å². The molecule has 4 aromatic carbocycles. The average Bonchev–Trinajstić information content (AvgIpc) is 3.50. The van der Waals surface area contributed by atoms with Gasteiger partial charge in [0.05, 0.1) is 22.6 Å². The van der Waals surface area contributed by atoms with Crippen LogP contribution in [-0.2, 0) is 32.2 Å². The van der Waals surface area contributed by atoms with E-state index in [0.29, 0.717) is 30.0 Å². The number of anilines is 1. The molecule has 0 bridgehead atoms. The van der Waals surface area contributed by atoms with E-state index in [1.54, 1.807) is 36.5 Å². The normalized spacial score (nSPS) is 12.1. The van der Waals surface area contributed by atoms with E-state index < -0.39 is 19.9 Å². The van der Waals surface area contributed by atoms with Gasteiger partial charge >= 0.3 is 0 Å². The summed E-state index contributed by atoms with van der Waals surface area (Å²) in [6.07, 6.45) is 6.60. The molecule has 0 aliphatic heterocycles. The number of H-pyrrole nitrogens is 1. The molecule has 0 atom stereocenters. The lowest BCUT2D eigenvalue weighted by Crippen LogP contribution is -2.36. The van der Waals surface area contributed by atoms with E-state index in [4.69, 9.17) is 4.98 Å². The van der Waals surface area contributed by atoms with Crippen molar-refractivity contribution in [3.63, 3.8) is 0 Å². The molecule has 0 amide bonds. The van der Waals surface area contributed by atoms with Crippen molar-refractivity contribution in [3.8, 4) is 22.3 Å². The van der Waals surface area contributed by atoms with Crippen LogP contribution < -0.4 is 4.31 Å². The van der Waals surface area contributed by atoms with Gasteiger partial charge in [0.15, 0.2) is 9.84 Å². The maximum Gasteiger partial charge on any atom is 0.232 e. The second kappa shape index (κ2) is 14.1. The molecule has 51 heavy (non-hydrogen) atoms. The third kappa shape index (κ3) is 7.41. The lowest BCUT2D eigenvalue weighted by Gasteiger charge is -2.26. The van der Waals surface area contributed by atoms with Crippen LogP contribution >= 0.6 is 0 Å². The van der Waals surface area contributed by atoms with E-state index in [1.165, 1.54) is 10.6 Å². The zero-order valence-corrected chi connectivity index (χ0v) is 29.9. The number of aromatic nitrogens is 3. The number of likely N-dealkylation sites (N-methyl/N-ethyl adjacent to an activating group) is 1.